The van der Waals surface area contributed by atoms with Gasteiger partial charge in [0, 0.05) is 138 Å². The molecule has 0 aliphatic carbocycles. The van der Waals surface area contributed by atoms with Crippen LogP contribution in [0.4, 0.5) is 17.5 Å². The van der Waals surface area contributed by atoms with Gasteiger partial charge in [0.05, 0.1) is 50.2 Å². The largest absolute Gasteiger partial charge is 0.492 e. The Morgan fingerprint density at radius 1 is 0.468 bits per heavy atom. The van der Waals surface area contributed by atoms with Crippen LogP contribution in [0, 0.1) is 0 Å². The van der Waals surface area contributed by atoms with Crippen molar-refractivity contribution >= 4 is 106 Å². The molecule has 6 N–H and O–H groups in total. The van der Waals surface area contributed by atoms with E-state index >= 15 is 0 Å². The van der Waals surface area contributed by atoms with Crippen LogP contribution in [0.5, 0.6) is 17.2 Å². The first kappa shape index (κ1) is 81.3. The average Bonchev–Trinajstić information content (AvgIpc) is 1.53. The van der Waals surface area contributed by atoms with Crippen molar-refractivity contribution in [2.24, 2.45) is 0 Å². The number of aromatic amines is 2. The second kappa shape index (κ2) is 36.8. The quantitative estimate of drug-likeness (QED) is 0.0239. The van der Waals surface area contributed by atoms with E-state index in [-0.39, 0.29) is 27.1 Å². The summed E-state index contributed by atoms with van der Waals surface area (Å²) in [4.78, 5) is 82.5. The molecule has 26 nitrogen and oxygen atoms in total. The summed E-state index contributed by atoms with van der Waals surface area (Å²) >= 11 is 5.34. The van der Waals surface area contributed by atoms with Crippen molar-refractivity contribution in [2.45, 2.75) is 83.5 Å². The van der Waals surface area contributed by atoms with E-state index in [1.54, 1.807) is 78.9 Å². The zero-order valence-electron chi connectivity index (χ0n) is 62.9. The summed E-state index contributed by atoms with van der Waals surface area (Å²) in [6, 6.07) is 44.9. The molecule has 3 aromatic heterocycles. The van der Waals surface area contributed by atoms with Gasteiger partial charge in [-0.3, -0.25) is 53.7 Å². The third kappa shape index (κ3) is 21.6. The molecular weight excluding hydrogens is 1430 g/mol. The van der Waals surface area contributed by atoms with E-state index in [4.69, 9.17) is 45.8 Å². The number of halogens is 1. The Morgan fingerprint density at radius 2 is 0.835 bits per heavy atom. The van der Waals surface area contributed by atoms with Crippen molar-refractivity contribution in [1.29, 1.82) is 0 Å². The number of amides is 2. The highest BCUT2D eigenvalue weighted by Gasteiger charge is 2.31. The number of carbonyl (C=O) groups excluding carboxylic acids is 6. The molecule has 6 heterocycles. The molecular formula is C81H95ClN12O14S. The molecule has 3 aliphatic heterocycles. The highest BCUT2D eigenvalue weighted by molar-refractivity contribution is 7.90. The van der Waals surface area contributed by atoms with Gasteiger partial charge in [0.15, 0.2) is 5.82 Å². The number of H-pyrrole nitrogens is 2. The van der Waals surface area contributed by atoms with E-state index in [0.29, 0.717) is 100 Å². The van der Waals surface area contributed by atoms with E-state index in [9.17, 15) is 37.2 Å². The van der Waals surface area contributed by atoms with Gasteiger partial charge in [-0.2, -0.15) is 23.7 Å². The van der Waals surface area contributed by atoms with Gasteiger partial charge in [0.1, 0.15) is 48.7 Å². The Kier molecular flexibility index (Phi) is 27.4. The second-order valence-electron chi connectivity index (χ2n) is 29.2. The van der Waals surface area contributed by atoms with Gasteiger partial charge in [-0.05, 0) is 76.3 Å². The molecule has 13 rings (SSSR count). The lowest BCUT2D eigenvalue weighted by Gasteiger charge is -2.26. The topological polar surface area (TPSA) is 327 Å². The van der Waals surface area contributed by atoms with E-state index in [1.807, 2.05) is 102 Å². The fourth-order valence-corrected chi connectivity index (χ4v) is 13.3. The zero-order chi connectivity index (χ0) is 78.0. The van der Waals surface area contributed by atoms with Crippen molar-refractivity contribution in [2.75, 3.05) is 135 Å². The normalized spacial score (nSPS) is 14.6. The standard InChI is InChI=1S/C31H34N4O6S.C25H30N4O4.C18H18ClNO4.C7H13N3/c1-31(2,3)27-21-28(35(33-27)42(38,39)22-9-5-4-6-10-22)32-30(37)29(36)25-13-14-26(24-12-8-7-11-23(24)25)41-20-17-34-15-18-40-19-16-34;1-25(2,3)21-16-22(28-27-21)26-24(31)23(30)19-8-9-20(18-7-5-4-6-17(18)19)33-15-12-29-10-13-32-14-11-29;19-18(22)17(21)15-5-6-16(14-4-2-1-3-13(14)15)24-12-9-20-7-10-23-11-8-20;1-7(2,3)5-4-6(8)10-9-5/h4-14,21H,15-20H2,1-3H3,(H,32,37);4-9,16H,10-15H2,1-3H3,(H2,26,27,28,31);1-6H,7-12H2;4H,1-3H3,(H3,8,9,10). The molecule has 576 valence electrons. The van der Waals surface area contributed by atoms with E-state index < -0.39 is 49.8 Å². The lowest BCUT2D eigenvalue weighted by Crippen LogP contribution is -2.38. The van der Waals surface area contributed by atoms with Crippen LogP contribution in [0.3, 0.4) is 0 Å². The number of anilines is 3. The Balaban J connectivity index is 0.000000168. The molecule has 109 heavy (non-hydrogen) atoms. The minimum absolute atomic E-state index is 0.00517. The number of fused-ring (bicyclic) bond motifs is 3. The van der Waals surface area contributed by atoms with E-state index in [0.717, 1.165) is 112 Å². The molecule has 28 heteroatoms. The van der Waals surface area contributed by atoms with E-state index in [2.05, 4.69) is 71.6 Å². The van der Waals surface area contributed by atoms with Gasteiger partial charge in [-0.25, -0.2) is 0 Å². The van der Waals surface area contributed by atoms with Crippen molar-refractivity contribution in [1.82, 2.24) is 44.3 Å². The summed E-state index contributed by atoms with van der Waals surface area (Å²) < 4.78 is 61.8. The second-order valence-corrected chi connectivity index (χ2v) is 31.4. The van der Waals surface area contributed by atoms with Gasteiger partial charge in [-0.1, -0.05) is 153 Å². The van der Waals surface area contributed by atoms with Crippen LogP contribution < -0.4 is 30.6 Å². The minimum atomic E-state index is -4.15. The number of hydrogen-bond acceptors (Lipinski definition) is 21. The van der Waals surface area contributed by atoms with Crippen LogP contribution in [-0.4, -0.2) is 205 Å². The number of nitrogens with two attached hydrogens (primary N) is 1. The number of nitrogen functional groups attached to an aromatic ring is 1. The minimum Gasteiger partial charge on any atom is -0.492 e. The Hall–Kier alpha value is -10.2. The molecule has 0 spiro atoms. The highest BCUT2D eigenvalue weighted by Crippen LogP contribution is 2.34. The molecule has 0 unspecified atom stereocenters. The predicted molar refractivity (Wildman–Crippen MR) is 420 cm³/mol. The molecule has 0 atom stereocenters. The first-order valence-electron chi connectivity index (χ1n) is 36.1. The third-order valence-electron chi connectivity index (χ3n) is 18.3. The number of rotatable bonds is 22. The molecule has 2 amide bonds. The van der Waals surface area contributed by atoms with Crippen molar-refractivity contribution in [3.63, 3.8) is 0 Å². The maximum Gasteiger partial charge on any atom is 0.297 e. The molecule has 3 aliphatic rings. The van der Waals surface area contributed by atoms with E-state index in [1.165, 1.54) is 18.2 Å². The van der Waals surface area contributed by atoms with Crippen LogP contribution >= 0.6 is 11.6 Å². The van der Waals surface area contributed by atoms with Gasteiger partial charge in [0.25, 0.3) is 38.6 Å². The third-order valence-corrected chi connectivity index (χ3v) is 20.0. The van der Waals surface area contributed by atoms with Crippen LogP contribution in [0.2, 0.25) is 0 Å². The number of carbonyl (C=O) groups is 6. The lowest BCUT2D eigenvalue weighted by atomic mass is 9.92. The number of nitrogens with zero attached hydrogens (tertiary/aromatic N) is 7. The monoisotopic (exact) mass is 1530 g/mol. The van der Waals surface area contributed by atoms with Crippen molar-refractivity contribution in [3.8, 4) is 17.2 Å². The molecule has 3 saturated heterocycles. The number of aromatic nitrogens is 6. The number of morpholine rings is 3. The molecule has 7 aromatic carbocycles. The van der Waals surface area contributed by atoms with Gasteiger partial charge >= 0.3 is 0 Å². The van der Waals surface area contributed by atoms with Gasteiger partial charge in [0.2, 0.25) is 5.78 Å². The Morgan fingerprint density at radius 3 is 1.19 bits per heavy atom. The summed E-state index contributed by atoms with van der Waals surface area (Å²) in [6.07, 6.45) is 0. The predicted octanol–water partition coefficient (Wildman–Crippen LogP) is 11.3. The first-order valence-corrected chi connectivity index (χ1v) is 37.9. The number of Topliss-reactive ketones (excluding diaryl/α,β-unsaturated/α-hetero) is 3. The molecule has 0 saturated carbocycles. The number of nitrogens with one attached hydrogen (secondary N) is 4. The fraction of sp³-hybridized carbons (Fsp3) is 0.370. The number of ether oxygens (including phenoxy) is 6. The maximum absolute atomic E-state index is 13.5. The van der Waals surface area contributed by atoms with Crippen molar-refractivity contribution < 1.29 is 65.6 Å². The molecule has 0 bridgehead atoms. The average molecular weight is 1530 g/mol. The summed E-state index contributed by atoms with van der Waals surface area (Å²) in [5, 5.41) is 26.4. The number of hydrogen-bond donors (Lipinski definition) is 5. The first-order chi connectivity index (χ1) is 52.0. The smallest absolute Gasteiger partial charge is 0.297 e. The lowest BCUT2D eigenvalue weighted by molar-refractivity contribution is -0.113. The Bertz CT molecular complexity index is 4950. The van der Waals surface area contributed by atoms with Crippen LogP contribution in [0.15, 0.2) is 163 Å². The van der Waals surface area contributed by atoms with Gasteiger partial charge in [-0.15, -0.1) is 4.09 Å². The maximum atomic E-state index is 13.5. The van der Waals surface area contributed by atoms with Crippen molar-refractivity contribution in [3.05, 3.63) is 191 Å². The SMILES string of the molecule is CC(C)(C)c1cc(N)n[nH]1.CC(C)(C)c1cc(NC(=O)C(=O)c2ccc(OCCN3CCOCC3)c3ccccc23)n(S(=O)(=O)c2ccccc2)n1.CC(C)(C)c1cc(NC(=O)C(=O)c2ccc(OCCN3CCOCC3)c3ccccc23)n[nH]1.O=C(Cl)C(=O)c1ccc(OCCN2CCOCC2)c2ccccc12. The summed E-state index contributed by atoms with van der Waals surface area (Å²) in [5.41, 5.74) is 8.07. The molecule has 3 fully saturated rings. The highest BCUT2D eigenvalue weighted by atomic mass is 35.5. The fourth-order valence-electron chi connectivity index (χ4n) is 12.0. The van der Waals surface area contributed by atoms with Crippen LogP contribution in [-0.2, 0) is 54.9 Å². The van der Waals surface area contributed by atoms with Crippen LogP contribution in [0.1, 0.15) is 110 Å². The summed E-state index contributed by atoms with van der Waals surface area (Å²) in [6.45, 7) is 31.8. The molecule has 0 radical (unpaired) electrons. The summed E-state index contributed by atoms with van der Waals surface area (Å²) in [7, 11) is -4.15. The van der Waals surface area contributed by atoms with Crippen LogP contribution in [0.25, 0.3) is 32.3 Å². The Labute approximate surface area is 639 Å². The molecule has 10 aromatic rings. The zero-order valence-corrected chi connectivity index (χ0v) is 64.5. The number of ketones is 3. The van der Waals surface area contributed by atoms with Gasteiger partial charge < -0.3 is 44.8 Å². The number of benzene rings is 7. The summed E-state index contributed by atoms with van der Waals surface area (Å²) in [5.74, 6) is -1.08.